The summed E-state index contributed by atoms with van der Waals surface area (Å²) in [6.45, 7) is 3.66. The van der Waals surface area contributed by atoms with Crippen LogP contribution in [0.2, 0.25) is 0 Å². The molecule has 5 aromatic rings. The fourth-order valence-electron chi connectivity index (χ4n) is 4.54. The van der Waals surface area contributed by atoms with Gasteiger partial charge in [-0.1, -0.05) is 73.3 Å². The predicted molar refractivity (Wildman–Crippen MR) is 117 cm³/mol. The first-order chi connectivity index (χ1) is 13.6. The lowest BCUT2D eigenvalue weighted by molar-refractivity contribution is -0.132. The fourth-order valence-corrected chi connectivity index (χ4v) is 4.54. The molecular formula is C26H20O2. The lowest BCUT2D eigenvalue weighted by Gasteiger charge is -2.17. The van der Waals surface area contributed by atoms with Crippen molar-refractivity contribution in [3.05, 3.63) is 84.4 Å². The second kappa shape index (κ2) is 6.35. The third-order valence-electron chi connectivity index (χ3n) is 5.82. The number of fused-ring (bicyclic) bond motifs is 2. The Morgan fingerprint density at radius 3 is 2.04 bits per heavy atom. The highest BCUT2D eigenvalue weighted by Gasteiger charge is 2.15. The summed E-state index contributed by atoms with van der Waals surface area (Å²) in [6.07, 6.45) is 2.13. The molecule has 5 aromatic carbocycles. The van der Waals surface area contributed by atoms with Crippen LogP contribution < -0.4 is 0 Å². The van der Waals surface area contributed by atoms with E-state index in [4.69, 9.17) is 5.11 Å². The number of carbonyl (C=O) groups is 1. The van der Waals surface area contributed by atoms with Crippen LogP contribution in [0.4, 0.5) is 0 Å². The van der Waals surface area contributed by atoms with Gasteiger partial charge in [0.25, 0.3) is 0 Å². The third-order valence-corrected chi connectivity index (χ3v) is 5.82. The lowest BCUT2D eigenvalue weighted by atomic mass is 9.86. The van der Waals surface area contributed by atoms with E-state index in [2.05, 4.69) is 73.3 Å². The molecule has 2 nitrogen and oxygen atoms in total. The van der Waals surface area contributed by atoms with Gasteiger partial charge in [-0.25, -0.2) is 4.79 Å². The number of carboxylic acids is 1. The molecule has 2 heteroatoms. The number of hydrogen-bond acceptors (Lipinski definition) is 1. The molecule has 0 unspecified atom stereocenters. The monoisotopic (exact) mass is 364 g/mol. The first-order valence-corrected chi connectivity index (χ1v) is 9.63. The molecule has 28 heavy (non-hydrogen) atoms. The summed E-state index contributed by atoms with van der Waals surface area (Å²) in [5, 5.41) is 19.4. The molecule has 5 rings (SSSR count). The number of aryl methyl sites for hydroxylation is 1. The van der Waals surface area contributed by atoms with Crippen LogP contribution in [-0.2, 0) is 11.2 Å². The Morgan fingerprint density at radius 1 is 0.750 bits per heavy atom. The minimum atomic E-state index is -0.902. The minimum Gasteiger partial charge on any atom is -0.478 e. The molecule has 0 saturated heterocycles. The van der Waals surface area contributed by atoms with Crippen LogP contribution in [0.25, 0.3) is 43.1 Å². The summed E-state index contributed by atoms with van der Waals surface area (Å²) in [5.74, 6) is -0.902. The fraction of sp³-hybridized carbons (Fsp3) is 0.115. The number of benzene rings is 5. The van der Waals surface area contributed by atoms with E-state index in [-0.39, 0.29) is 5.57 Å². The molecule has 0 atom stereocenters. The van der Waals surface area contributed by atoms with Gasteiger partial charge < -0.3 is 5.11 Å². The summed E-state index contributed by atoms with van der Waals surface area (Å²) < 4.78 is 0. The SMILES string of the molecule is C=C(CCCc1ccc2cccc3c4cccc5cccc(c1c23)c54)C(=O)O. The molecule has 0 bridgehead atoms. The molecule has 0 aliphatic heterocycles. The van der Waals surface area contributed by atoms with Gasteiger partial charge in [0, 0.05) is 5.57 Å². The highest BCUT2D eigenvalue weighted by molar-refractivity contribution is 6.33. The van der Waals surface area contributed by atoms with Crippen molar-refractivity contribution in [3.63, 3.8) is 0 Å². The molecule has 136 valence electrons. The average molecular weight is 364 g/mol. The van der Waals surface area contributed by atoms with Crippen molar-refractivity contribution in [3.8, 4) is 0 Å². The van der Waals surface area contributed by atoms with Gasteiger partial charge in [-0.15, -0.1) is 0 Å². The Hall–Kier alpha value is -3.39. The van der Waals surface area contributed by atoms with Crippen molar-refractivity contribution >= 4 is 49.1 Å². The normalized spacial score (nSPS) is 11.7. The summed E-state index contributed by atoms with van der Waals surface area (Å²) in [4.78, 5) is 11.1. The molecule has 0 fully saturated rings. The Morgan fingerprint density at radius 2 is 1.36 bits per heavy atom. The van der Waals surface area contributed by atoms with E-state index in [1.165, 1.54) is 48.7 Å². The Labute approximate surface area is 163 Å². The maximum atomic E-state index is 11.1. The van der Waals surface area contributed by atoms with Gasteiger partial charge in [-0.3, -0.25) is 0 Å². The molecule has 0 spiro atoms. The topological polar surface area (TPSA) is 37.3 Å². The van der Waals surface area contributed by atoms with E-state index in [1.54, 1.807) is 0 Å². The second-order valence-corrected chi connectivity index (χ2v) is 7.47. The van der Waals surface area contributed by atoms with Crippen molar-refractivity contribution in [1.29, 1.82) is 0 Å². The van der Waals surface area contributed by atoms with Crippen LogP contribution in [0.3, 0.4) is 0 Å². The quantitative estimate of drug-likeness (QED) is 0.214. The molecule has 0 aliphatic rings. The van der Waals surface area contributed by atoms with Crippen molar-refractivity contribution in [2.45, 2.75) is 19.3 Å². The van der Waals surface area contributed by atoms with Gasteiger partial charge in [0.2, 0.25) is 0 Å². The van der Waals surface area contributed by atoms with E-state index in [0.29, 0.717) is 6.42 Å². The standard InChI is InChI=1S/C26H20O2/c1-16(26(27)28)6-2-7-19-15-14-18-10-4-12-21-20-11-3-8-17-9-5-13-22(23(17)20)25(19)24(18)21/h3-5,8-15H,1-2,6-7H2,(H,27,28). The van der Waals surface area contributed by atoms with Gasteiger partial charge in [0.15, 0.2) is 0 Å². The van der Waals surface area contributed by atoms with Gasteiger partial charge in [-0.2, -0.15) is 0 Å². The molecular weight excluding hydrogens is 344 g/mol. The summed E-state index contributed by atoms with van der Waals surface area (Å²) >= 11 is 0. The summed E-state index contributed by atoms with van der Waals surface area (Å²) in [5.41, 5.74) is 1.56. The van der Waals surface area contributed by atoms with E-state index < -0.39 is 5.97 Å². The summed E-state index contributed by atoms with van der Waals surface area (Å²) in [6, 6.07) is 24.0. The van der Waals surface area contributed by atoms with E-state index in [9.17, 15) is 4.79 Å². The first-order valence-electron chi connectivity index (χ1n) is 9.63. The van der Waals surface area contributed by atoms with Crippen LogP contribution in [-0.4, -0.2) is 11.1 Å². The lowest BCUT2D eigenvalue weighted by Crippen LogP contribution is -2.00. The van der Waals surface area contributed by atoms with E-state index in [0.717, 1.165) is 12.8 Å². The number of aliphatic carboxylic acids is 1. The molecule has 0 aromatic heterocycles. The highest BCUT2D eigenvalue weighted by Crippen LogP contribution is 2.41. The number of hydrogen-bond donors (Lipinski definition) is 1. The molecule has 0 radical (unpaired) electrons. The largest absolute Gasteiger partial charge is 0.478 e. The maximum absolute atomic E-state index is 11.1. The minimum absolute atomic E-state index is 0.280. The van der Waals surface area contributed by atoms with Crippen molar-refractivity contribution in [2.75, 3.05) is 0 Å². The Bertz CT molecular complexity index is 1370. The predicted octanol–water partition coefficient (Wildman–Crippen LogP) is 6.70. The van der Waals surface area contributed by atoms with Crippen LogP contribution in [0.5, 0.6) is 0 Å². The zero-order valence-corrected chi connectivity index (χ0v) is 15.5. The molecule has 1 N–H and O–H groups in total. The molecule has 0 heterocycles. The van der Waals surface area contributed by atoms with Crippen molar-refractivity contribution in [2.24, 2.45) is 0 Å². The average Bonchev–Trinajstić information content (AvgIpc) is 2.72. The maximum Gasteiger partial charge on any atom is 0.330 e. The highest BCUT2D eigenvalue weighted by atomic mass is 16.4. The Kier molecular flexibility index (Phi) is 3.80. The van der Waals surface area contributed by atoms with Gasteiger partial charge in [-0.05, 0) is 67.9 Å². The zero-order valence-electron chi connectivity index (χ0n) is 15.5. The molecule has 0 saturated carbocycles. The van der Waals surface area contributed by atoms with E-state index in [1.807, 2.05) is 0 Å². The van der Waals surface area contributed by atoms with Crippen molar-refractivity contribution in [1.82, 2.24) is 0 Å². The summed E-state index contributed by atoms with van der Waals surface area (Å²) in [7, 11) is 0. The molecule has 0 aliphatic carbocycles. The Balaban J connectivity index is 1.79. The van der Waals surface area contributed by atoms with Crippen LogP contribution in [0, 0.1) is 0 Å². The van der Waals surface area contributed by atoms with Crippen LogP contribution in [0.15, 0.2) is 78.9 Å². The van der Waals surface area contributed by atoms with Gasteiger partial charge in [0.05, 0.1) is 0 Å². The van der Waals surface area contributed by atoms with Crippen molar-refractivity contribution < 1.29 is 9.90 Å². The van der Waals surface area contributed by atoms with Gasteiger partial charge >= 0.3 is 5.97 Å². The van der Waals surface area contributed by atoms with E-state index >= 15 is 0 Å². The zero-order chi connectivity index (χ0) is 19.3. The van der Waals surface area contributed by atoms with Crippen LogP contribution in [0.1, 0.15) is 18.4 Å². The third kappa shape index (κ3) is 2.45. The van der Waals surface area contributed by atoms with Crippen LogP contribution >= 0.6 is 0 Å². The second-order valence-electron chi connectivity index (χ2n) is 7.47. The smallest absolute Gasteiger partial charge is 0.330 e. The molecule has 0 amide bonds. The number of rotatable bonds is 5. The van der Waals surface area contributed by atoms with Gasteiger partial charge in [0.1, 0.15) is 0 Å². The first kappa shape index (κ1) is 16.8. The number of carboxylic acid groups (broad SMARTS) is 1.